The van der Waals surface area contributed by atoms with Gasteiger partial charge in [0.1, 0.15) is 24.0 Å². The van der Waals surface area contributed by atoms with E-state index in [0.717, 1.165) is 5.75 Å². The van der Waals surface area contributed by atoms with Gasteiger partial charge in [-0.05, 0) is 24.3 Å². The number of amides is 1. The summed E-state index contributed by atoms with van der Waals surface area (Å²) in [6.45, 7) is 2.86. The maximum absolute atomic E-state index is 12.7. The summed E-state index contributed by atoms with van der Waals surface area (Å²) in [6, 6.07) is 18.6. The molecule has 0 aliphatic carbocycles. The van der Waals surface area contributed by atoms with Crippen LogP contribution in [0, 0.1) is 0 Å². The number of anilines is 1. The highest BCUT2D eigenvalue weighted by Gasteiger charge is 2.24. The van der Waals surface area contributed by atoms with Crippen LogP contribution in [0.2, 0.25) is 5.02 Å². The third-order valence-electron chi connectivity index (χ3n) is 5.34. The number of rotatable bonds is 8. The number of hydrogen-bond donors (Lipinski definition) is 0. The Labute approximate surface area is 196 Å². The van der Waals surface area contributed by atoms with Gasteiger partial charge in [-0.1, -0.05) is 48.0 Å². The number of aromatic nitrogens is 2. The number of benzene rings is 2. The second-order valence-electron chi connectivity index (χ2n) is 7.48. The monoisotopic (exact) mass is 468 g/mol. The van der Waals surface area contributed by atoms with Gasteiger partial charge < -0.3 is 19.3 Å². The van der Waals surface area contributed by atoms with E-state index in [1.165, 1.54) is 4.68 Å². The van der Waals surface area contributed by atoms with Gasteiger partial charge in [-0.3, -0.25) is 9.59 Å². The van der Waals surface area contributed by atoms with Crippen molar-refractivity contribution in [2.75, 3.05) is 50.9 Å². The zero-order chi connectivity index (χ0) is 23.0. The molecule has 0 saturated carbocycles. The summed E-state index contributed by atoms with van der Waals surface area (Å²) in [5.41, 5.74) is 0.862. The molecular formula is C24H25ClN4O4. The zero-order valence-corrected chi connectivity index (χ0v) is 18.9. The summed E-state index contributed by atoms with van der Waals surface area (Å²) in [6.07, 6.45) is 1.60. The fraction of sp³-hybridized carbons (Fsp3) is 0.292. The van der Waals surface area contributed by atoms with Gasteiger partial charge in [0.2, 0.25) is 5.91 Å². The van der Waals surface area contributed by atoms with E-state index in [1.54, 1.807) is 23.2 Å². The van der Waals surface area contributed by atoms with Gasteiger partial charge in [0.25, 0.3) is 5.56 Å². The average Bonchev–Trinajstić information content (AvgIpc) is 2.86. The summed E-state index contributed by atoms with van der Waals surface area (Å²) in [5.74, 6) is 0.700. The number of para-hydroxylation sites is 2. The molecule has 3 aromatic rings. The van der Waals surface area contributed by atoms with E-state index in [-0.39, 0.29) is 23.1 Å². The van der Waals surface area contributed by atoms with Crippen molar-refractivity contribution in [3.63, 3.8) is 0 Å². The SMILES string of the molecule is O=C(COCCOc1ccccc1)N1CCN(c2cnn(-c3ccccc3)c(=O)c2Cl)CC1. The molecule has 1 saturated heterocycles. The lowest BCUT2D eigenvalue weighted by Gasteiger charge is -2.36. The minimum atomic E-state index is -0.370. The molecule has 1 aliphatic heterocycles. The van der Waals surface area contributed by atoms with Crippen molar-refractivity contribution in [3.05, 3.63) is 82.2 Å². The molecule has 0 atom stereocenters. The molecule has 1 fully saturated rings. The van der Waals surface area contributed by atoms with Crippen molar-refractivity contribution in [2.45, 2.75) is 0 Å². The maximum atomic E-state index is 12.7. The van der Waals surface area contributed by atoms with Crippen molar-refractivity contribution < 1.29 is 14.3 Å². The summed E-state index contributed by atoms with van der Waals surface area (Å²) in [7, 11) is 0. The van der Waals surface area contributed by atoms with Gasteiger partial charge in [-0.2, -0.15) is 9.78 Å². The predicted molar refractivity (Wildman–Crippen MR) is 126 cm³/mol. The third-order valence-corrected chi connectivity index (χ3v) is 5.69. The summed E-state index contributed by atoms with van der Waals surface area (Å²) in [4.78, 5) is 28.9. The lowest BCUT2D eigenvalue weighted by molar-refractivity contribution is -0.136. The lowest BCUT2D eigenvalue weighted by atomic mass is 10.2. The Balaban J connectivity index is 1.25. The van der Waals surface area contributed by atoms with E-state index in [0.29, 0.717) is 50.8 Å². The molecule has 0 unspecified atom stereocenters. The van der Waals surface area contributed by atoms with Crippen LogP contribution in [0.1, 0.15) is 0 Å². The molecule has 4 rings (SSSR count). The fourth-order valence-corrected chi connectivity index (χ4v) is 3.83. The first-order valence-electron chi connectivity index (χ1n) is 10.7. The van der Waals surface area contributed by atoms with Crippen molar-refractivity contribution in [3.8, 4) is 11.4 Å². The summed E-state index contributed by atoms with van der Waals surface area (Å²) < 4.78 is 12.3. The molecule has 0 bridgehead atoms. The molecule has 9 heteroatoms. The first kappa shape index (κ1) is 22.8. The van der Waals surface area contributed by atoms with Crippen LogP contribution in [-0.2, 0) is 9.53 Å². The minimum absolute atomic E-state index is 0.00752. The van der Waals surface area contributed by atoms with Crippen molar-refractivity contribution in [1.82, 2.24) is 14.7 Å². The second kappa shape index (κ2) is 11.0. The van der Waals surface area contributed by atoms with Crippen LogP contribution >= 0.6 is 11.6 Å². The quantitative estimate of drug-likeness (QED) is 0.473. The maximum Gasteiger partial charge on any atom is 0.292 e. The number of halogens is 1. The van der Waals surface area contributed by atoms with Crippen LogP contribution in [0.15, 0.2) is 71.7 Å². The molecule has 1 aromatic heterocycles. The van der Waals surface area contributed by atoms with E-state index in [2.05, 4.69) is 5.10 Å². The Kier molecular flexibility index (Phi) is 7.59. The molecule has 0 spiro atoms. The molecule has 1 aliphatic rings. The molecule has 2 heterocycles. The van der Waals surface area contributed by atoms with E-state index in [9.17, 15) is 9.59 Å². The Bertz CT molecular complexity index is 1120. The number of nitrogens with zero attached hydrogens (tertiary/aromatic N) is 4. The molecular weight excluding hydrogens is 444 g/mol. The standard InChI is InChI=1S/C24H25ClN4O4/c25-23-21(17-26-29(24(23)31)19-7-3-1-4-8-19)27-11-13-28(14-12-27)22(30)18-32-15-16-33-20-9-5-2-6-10-20/h1-10,17H,11-16,18H2. The van der Waals surface area contributed by atoms with E-state index in [1.807, 2.05) is 53.4 Å². The van der Waals surface area contributed by atoms with Crippen molar-refractivity contribution in [2.24, 2.45) is 0 Å². The van der Waals surface area contributed by atoms with E-state index in [4.69, 9.17) is 21.1 Å². The Morgan fingerprint density at radius 1 is 0.939 bits per heavy atom. The largest absolute Gasteiger partial charge is 0.491 e. The van der Waals surface area contributed by atoms with Gasteiger partial charge >= 0.3 is 0 Å². The summed E-state index contributed by atoms with van der Waals surface area (Å²) in [5, 5.41) is 4.40. The Hall–Kier alpha value is -3.36. The second-order valence-corrected chi connectivity index (χ2v) is 7.86. The minimum Gasteiger partial charge on any atom is -0.491 e. The molecule has 0 radical (unpaired) electrons. The molecule has 0 N–H and O–H groups in total. The molecule has 33 heavy (non-hydrogen) atoms. The number of carbonyl (C=O) groups excluding carboxylic acids is 1. The number of ether oxygens (including phenoxy) is 2. The van der Waals surface area contributed by atoms with E-state index >= 15 is 0 Å². The first-order valence-corrected chi connectivity index (χ1v) is 11.1. The number of hydrogen-bond acceptors (Lipinski definition) is 6. The molecule has 8 nitrogen and oxygen atoms in total. The summed E-state index contributed by atoms with van der Waals surface area (Å²) >= 11 is 6.40. The molecule has 1 amide bonds. The highest BCUT2D eigenvalue weighted by atomic mass is 35.5. The van der Waals surface area contributed by atoms with Gasteiger partial charge in [-0.25, -0.2) is 0 Å². The topological polar surface area (TPSA) is 76.9 Å². The highest BCUT2D eigenvalue weighted by Crippen LogP contribution is 2.23. The van der Waals surface area contributed by atoms with Crippen molar-refractivity contribution >= 4 is 23.2 Å². The smallest absolute Gasteiger partial charge is 0.292 e. The van der Waals surface area contributed by atoms with Crippen LogP contribution in [0.4, 0.5) is 5.69 Å². The molecule has 2 aromatic carbocycles. The number of piperazine rings is 1. The van der Waals surface area contributed by atoms with Crippen LogP contribution in [0.3, 0.4) is 0 Å². The van der Waals surface area contributed by atoms with Crippen LogP contribution < -0.4 is 15.2 Å². The Morgan fingerprint density at radius 3 is 2.30 bits per heavy atom. The predicted octanol–water partition coefficient (Wildman–Crippen LogP) is 2.63. The fourth-order valence-electron chi connectivity index (χ4n) is 3.58. The van der Waals surface area contributed by atoms with Crippen molar-refractivity contribution in [1.29, 1.82) is 0 Å². The number of carbonyl (C=O) groups is 1. The van der Waals surface area contributed by atoms with Gasteiger partial charge in [-0.15, -0.1) is 0 Å². The normalized spacial score (nSPS) is 13.7. The first-order chi connectivity index (χ1) is 16.1. The van der Waals surface area contributed by atoms with Crippen LogP contribution in [-0.4, -0.2) is 66.6 Å². The Morgan fingerprint density at radius 2 is 1.61 bits per heavy atom. The van der Waals surface area contributed by atoms with Crippen LogP contribution in [0.25, 0.3) is 5.69 Å². The zero-order valence-electron chi connectivity index (χ0n) is 18.1. The van der Waals surface area contributed by atoms with Gasteiger partial charge in [0.05, 0.1) is 24.2 Å². The van der Waals surface area contributed by atoms with Gasteiger partial charge in [0, 0.05) is 26.2 Å². The lowest BCUT2D eigenvalue weighted by Crippen LogP contribution is -2.50. The third kappa shape index (κ3) is 5.71. The van der Waals surface area contributed by atoms with E-state index < -0.39 is 0 Å². The highest BCUT2D eigenvalue weighted by molar-refractivity contribution is 6.33. The van der Waals surface area contributed by atoms with Gasteiger partial charge in [0.15, 0.2) is 0 Å². The average molecular weight is 469 g/mol. The molecule has 172 valence electrons. The van der Waals surface area contributed by atoms with Crippen LogP contribution in [0.5, 0.6) is 5.75 Å².